The van der Waals surface area contributed by atoms with Gasteiger partial charge in [-0.25, -0.2) is 13.1 Å². The summed E-state index contributed by atoms with van der Waals surface area (Å²) in [6, 6.07) is 15.7. The molecular weight excluding hydrogens is 368 g/mol. The average Bonchev–Trinajstić information content (AvgIpc) is 2.91. The molecule has 0 bridgehead atoms. The van der Waals surface area contributed by atoms with E-state index in [9.17, 15) is 8.42 Å². The van der Waals surface area contributed by atoms with Crippen LogP contribution in [-0.4, -0.2) is 25.7 Å². The van der Waals surface area contributed by atoms with Gasteiger partial charge in [-0.3, -0.25) is 0 Å². The Balaban J connectivity index is 1.54. The Morgan fingerprint density at radius 3 is 2.62 bits per heavy atom. The van der Waals surface area contributed by atoms with E-state index in [0.717, 1.165) is 34.1 Å². The molecule has 0 aliphatic heterocycles. The zero-order valence-corrected chi connectivity index (χ0v) is 16.3. The van der Waals surface area contributed by atoms with Crippen molar-refractivity contribution in [2.75, 3.05) is 12.3 Å². The molecule has 0 radical (unpaired) electrons. The van der Waals surface area contributed by atoms with Crippen LogP contribution in [0.5, 0.6) is 0 Å². The molecule has 0 amide bonds. The highest BCUT2D eigenvalue weighted by molar-refractivity contribution is 7.89. The molecule has 0 fully saturated rings. The lowest BCUT2D eigenvalue weighted by Gasteiger charge is -2.07. The number of nitrogens with one attached hydrogen (secondary N) is 2. The lowest BCUT2D eigenvalue weighted by Crippen LogP contribution is -2.28. The number of benzene rings is 2. The number of rotatable bonds is 8. The first-order chi connectivity index (χ1) is 12.4. The van der Waals surface area contributed by atoms with Gasteiger partial charge in [-0.05, 0) is 55.5 Å². The van der Waals surface area contributed by atoms with Gasteiger partial charge in [0.2, 0.25) is 10.0 Å². The third-order valence-corrected chi connectivity index (χ3v) is 6.21. The van der Waals surface area contributed by atoms with E-state index in [0.29, 0.717) is 24.4 Å². The quantitative estimate of drug-likeness (QED) is 0.604. The predicted molar refractivity (Wildman–Crippen MR) is 108 cm³/mol. The van der Waals surface area contributed by atoms with Crippen molar-refractivity contribution < 1.29 is 8.42 Å². The van der Waals surface area contributed by atoms with Crippen LogP contribution in [0.1, 0.15) is 23.2 Å². The number of aryl methyl sites for hydroxylation is 2. The van der Waals surface area contributed by atoms with Gasteiger partial charge in [0.05, 0.1) is 5.75 Å². The number of aromatic nitrogens is 1. The number of sulfonamides is 1. The standard InChI is InChI=1S/C20H23ClN2O2S/c1-15-18(19-14-17(21)9-10-20(19)23-15)11-12-22-26(24,25)13-5-8-16-6-3-2-4-7-16/h2-4,6-7,9-10,14,22-23H,5,8,11-13H2,1H3. The van der Waals surface area contributed by atoms with E-state index in [1.54, 1.807) is 0 Å². The minimum atomic E-state index is -3.27. The van der Waals surface area contributed by atoms with Crippen LogP contribution in [0.25, 0.3) is 10.9 Å². The molecule has 0 aliphatic carbocycles. The van der Waals surface area contributed by atoms with Gasteiger partial charge in [0, 0.05) is 28.2 Å². The molecular formula is C20H23ClN2O2S. The molecule has 0 saturated carbocycles. The molecule has 0 aliphatic rings. The van der Waals surface area contributed by atoms with E-state index in [1.807, 2.05) is 55.5 Å². The summed E-state index contributed by atoms with van der Waals surface area (Å²) in [6.45, 7) is 2.38. The monoisotopic (exact) mass is 390 g/mol. The van der Waals surface area contributed by atoms with Crippen LogP contribution in [0.15, 0.2) is 48.5 Å². The fourth-order valence-electron chi connectivity index (χ4n) is 3.19. The molecule has 1 aromatic heterocycles. The lowest BCUT2D eigenvalue weighted by atomic mass is 10.1. The molecule has 4 nitrogen and oxygen atoms in total. The number of hydrogen-bond acceptors (Lipinski definition) is 2. The first-order valence-electron chi connectivity index (χ1n) is 8.72. The highest BCUT2D eigenvalue weighted by Gasteiger charge is 2.12. The van der Waals surface area contributed by atoms with Crippen molar-refractivity contribution in [2.45, 2.75) is 26.2 Å². The fourth-order valence-corrected chi connectivity index (χ4v) is 4.45. The summed E-state index contributed by atoms with van der Waals surface area (Å²) in [4.78, 5) is 3.32. The molecule has 3 aromatic rings. The van der Waals surface area contributed by atoms with Gasteiger partial charge >= 0.3 is 0 Å². The molecule has 3 rings (SSSR count). The topological polar surface area (TPSA) is 62.0 Å². The molecule has 0 atom stereocenters. The van der Waals surface area contributed by atoms with Crippen molar-refractivity contribution in [3.63, 3.8) is 0 Å². The van der Waals surface area contributed by atoms with E-state index < -0.39 is 10.0 Å². The van der Waals surface area contributed by atoms with E-state index in [2.05, 4.69) is 9.71 Å². The van der Waals surface area contributed by atoms with E-state index in [4.69, 9.17) is 11.6 Å². The molecule has 0 saturated heterocycles. The van der Waals surface area contributed by atoms with Crippen molar-refractivity contribution in [3.05, 3.63) is 70.4 Å². The summed E-state index contributed by atoms with van der Waals surface area (Å²) in [5.74, 6) is 0.139. The van der Waals surface area contributed by atoms with E-state index >= 15 is 0 Å². The van der Waals surface area contributed by atoms with Gasteiger partial charge in [0.25, 0.3) is 0 Å². The van der Waals surface area contributed by atoms with Gasteiger partial charge in [0.1, 0.15) is 0 Å². The van der Waals surface area contributed by atoms with E-state index in [-0.39, 0.29) is 5.75 Å². The minimum Gasteiger partial charge on any atom is -0.358 e. The maximum atomic E-state index is 12.2. The summed E-state index contributed by atoms with van der Waals surface area (Å²) in [5.41, 5.74) is 4.33. The number of H-pyrrole nitrogens is 1. The number of hydrogen-bond donors (Lipinski definition) is 2. The summed E-state index contributed by atoms with van der Waals surface area (Å²) in [7, 11) is -3.27. The van der Waals surface area contributed by atoms with Gasteiger partial charge in [0.15, 0.2) is 0 Å². The largest absolute Gasteiger partial charge is 0.358 e. The first kappa shape index (κ1) is 19.0. The molecule has 2 N–H and O–H groups in total. The third kappa shape index (κ3) is 4.87. The van der Waals surface area contributed by atoms with Gasteiger partial charge in [-0.1, -0.05) is 41.9 Å². The van der Waals surface area contributed by atoms with Gasteiger partial charge < -0.3 is 4.98 Å². The SMILES string of the molecule is Cc1[nH]c2ccc(Cl)cc2c1CCNS(=O)(=O)CCCc1ccccc1. The van der Waals surface area contributed by atoms with Crippen molar-refractivity contribution >= 4 is 32.5 Å². The number of aromatic amines is 1. The second-order valence-corrected chi connectivity index (χ2v) is 8.83. The Bertz CT molecular complexity index is 982. The van der Waals surface area contributed by atoms with Gasteiger partial charge in [-0.15, -0.1) is 0 Å². The van der Waals surface area contributed by atoms with Crippen molar-refractivity contribution in [1.82, 2.24) is 9.71 Å². The normalized spacial score (nSPS) is 11.9. The Morgan fingerprint density at radius 2 is 1.85 bits per heavy atom. The minimum absolute atomic E-state index is 0.139. The molecule has 6 heteroatoms. The Kier molecular flexibility index (Phi) is 6.01. The highest BCUT2D eigenvalue weighted by Crippen LogP contribution is 2.25. The highest BCUT2D eigenvalue weighted by atomic mass is 35.5. The van der Waals surface area contributed by atoms with Crippen LogP contribution in [-0.2, 0) is 22.9 Å². The summed E-state index contributed by atoms with van der Waals surface area (Å²) < 4.78 is 27.1. The lowest BCUT2D eigenvalue weighted by molar-refractivity contribution is 0.579. The van der Waals surface area contributed by atoms with Gasteiger partial charge in [-0.2, -0.15) is 0 Å². The van der Waals surface area contributed by atoms with E-state index in [1.165, 1.54) is 0 Å². The first-order valence-corrected chi connectivity index (χ1v) is 10.8. The molecule has 138 valence electrons. The van der Waals surface area contributed by atoms with Crippen LogP contribution in [0.4, 0.5) is 0 Å². The van der Waals surface area contributed by atoms with Crippen LogP contribution < -0.4 is 4.72 Å². The Labute approximate surface area is 159 Å². The fraction of sp³-hybridized carbons (Fsp3) is 0.300. The number of fused-ring (bicyclic) bond motifs is 1. The van der Waals surface area contributed by atoms with Crippen LogP contribution in [0.3, 0.4) is 0 Å². The summed E-state index contributed by atoms with van der Waals surface area (Å²) >= 11 is 6.09. The molecule has 0 spiro atoms. The second-order valence-electron chi connectivity index (χ2n) is 6.47. The zero-order valence-electron chi connectivity index (χ0n) is 14.8. The van der Waals surface area contributed by atoms with Crippen LogP contribution >= 0.6 is 11.6 Å². The number of halogens is 1. The van der Waals surface area contributed by atoms with Crippen molar-refractivity contribution in [1.29, 1.82) is 0 Å². The third-order valence-electron chi connectivity index (χ3n) is 4.50. The van der Waals surface area contributed by atoms with Crippen LogP contribution in [0, 0.1) is 6.92 Å². The van der Waals surface area contributed by atoms with Crippen LogP contribution in [0.2, 0.25) is 5.02 Å². The van der Waals surface area contributed by atoms with Crippen molar-refractivity contribution in [3.8, 4) is 0 Å². The maximum Gasteiger partial charge on any atom is 0.211 e. The Morgan fingerprint density at radius 1 is 1.08 bits per heavy atom. The predicted octanol–water partition coefficient (Wildman–Crippen LogP) is 4.22. The maximum absolute atomic E-state index is 12.2. The zero-order chi connectivity index (χ0) is 18.6. The summed E-state index contributed by atoms with van der Waals surface area (Å²) in [6.07, 6.45) is 2.01. The molecule has 0 unspecified atom stereocenters. The Hall–Kier alpha value is -1.82. The second kappa shape index (κ2) is 8.25. The smallest absolute Gasteiger partial charge is 0.211 e. The summed E-state index contributed by atoms with van der Waals surface area (Å²) in [5, 5.41) is 1.73. The molecule has 26 heavy (non-hydrogen) atoms. The van der Waals surface area contributed by atoms with Crippen molar-refractivity contribution in [2.24, 2.45) is 0 Å². The molecule has 1 heterocycles. The average molecular weight is 391 g/mol. The molecule has 2 aromatic carbocycles.